The minimum absolute atomic E-state index is 0.0514. The third-order valence-corrected chi connectivity index (χ3v) is 3.25. The number of hydrogen-bond acceptors (Lipinski definition) is 3. The summed E-state index contributed by atoms with van der Waals surface area (Å²) < 4.78 is 13.1. The monoisotopic (exact) mass is 250 g/mol. The van der Waals surface area contributed by atoms with Crippen LogP contribution >= 0.6 is 0 Å². The van der Waals surface area contributed by atoms with E-state index >= 15 is 0 Å². The lowest BCUT2D eigenvalue weighted by Crippen LogP contribution is -2.39. The summed E-state index contributed by atoms with van der Waals surface area (Å²) in [4.78, 5) is 0. The van der Waals surface area contributed by atoms with Gasteiger partial charge in [-0.2, -0.15) is 5.26 Å². The molecule has 0 heterocycles. The van der Waals surface area contributed by atoms with Gasteiger partial charge in [0.25, 0.3) is 0 Å². The van der Waals surface area contributed by atoms with Crippen molar-refractivity contribution in [3.05, 3.63) is 35.1 Å². The van der Waals surface area contributed by atoms with Gasteiger partial charge in [0.05, 0.1) is 11.2 Å². The summed E-state index contributed by atoms with van der Waals surface area (Å²) >= 11 is 0. The summed E-state index contributed by atoms with van der Waals surface area (Å²) in [6.07, 6.45) is 1.37. The van der Waals surface area contributed by atoms with E-state index in [2.05, 4.69) is 5.32 Å². The quantitative estimate of drug-likeness (QED) is 0.814. The van der Waals surface area contributed by atoms with Gasteiger partial charge in [-0.1, -0.05) is 19.9 Å². The van der Waals surface area contributed by atoms with Crippen molar-refractivity contribution < 1.29 is 9.50 Å². The smallest absolute Gasteiger partial charge is 0.140 e. The van der Waals surface area contributed by atoms with Crippen LogP contribution in [0.5, 0.6) is 0 Å². The van der Waals surface area contributed by atoms with Gasteiger partial charge in [0, 0.05) is 13.1 Å². The van der Waals surface area contributed by atoms with Crippen LogP contribution in [0.2, 0.25) is 0 Å². The zero-order valence-corrected chi connectivity index (χ0v) is 10.8. The predicted molar refractivity (Wildman–Crippen MR) is 68.4 cm³/mol. The maximum Gasteiger partial charge on any atom is 0.140 e. The number of rotatable bonds is 6. The van der Waals surface area contributed by atoms with E-state index in [4.69, 9.17) is 5.26 Å². The Bertz CT molecular complexity index is 436. The molecule has 0 unspecified atom stereocenters. The Kier molecular flexibility index (Phi) is 5.26. The molecule has 1 aromatic carbocycles. The fourth-order valence-corrected chi connectivity index (χ4v) is 1.71. The van der Waals surface area contributed by atoms with Gasteiger partial charge in [-0.3, -0.25) is 0 Å². The molecule has 3 nitrogen and oxygen atoms in total. The lowest BCUT2D eigenvalue weighted by atomic mass is 9.97. The molecule has 0 aliphatic heterocycles. The molecule has 2 N–H and O–H groups in total. The van der Waals surface area contributed by atoms with Crippen LogP contribution in [0.1, 0.15) is 37.8 Å². The van der Waals surface area contributed by atoms with Crippen molar-refractivity contribution >= 4 is 0 Å². The van der Waals surface area contributed by atoms with Gasteiger partial charge >= 0.3 is 0 Å². The van der Waals surface area contributed by atoms with Crippen LogP contribution in [-0.4, -0.2) is 17.3 Å². The first-order valence-electron chi connectivity index (χ1n) is 6.16. The normalized spacial score (nSPS) is 11.3. The summed E-state index contributed by atoms with van der Waals surface area (Å²) in [7, 11) is 0. The molecule has 0 saturated carbocycles. The Balaban J connectivity index is 2.57. The molecule has 0 radical (unpaired) electrons. The molecule has 0 spiro atoms. The highest BCUT2D eigenvalue weighted by Crippen LogP contribution is 2.14. The summed E-state index contributed by atoms with van der Waals surface area (Å²) in [6.45, 7) is 4.88. The molecule has 0 atom stereocenters. The van der Waals surface area contributed by atoms with Crippen molar-refractivity contribution in [2.45, 2.75) is 38.8 Å². The topological polar surface area (TPSA) is 56.0 Å². The number of nitrogens with one attached hydrogen (secondary N) is 1. The highest BCUT2D eigenvalue weighted by Gasteiger charge is 2.21. The van der Waals surface area contributed by atoms with Crippen LogP contribution in [0.3, 0.4) is 0 Å². The van der Waals surface area contributed by atoms with Gasteiger partial charge in [0.15, 0.2) is 0 Å². The molecular formula is C14H19FN2O. The number of aliphatic hydroxyl groups is 1. The van der Waals surface area contributed by atoms with Crippen LogP contribution < -0.4 is 5.32 Å². The SMILES string of the molecule is CCC(O)(CC)CNCc1ccc(F)c(C#N)c1. The maximum absolute atomic E-state index is 13.1. The maximum atomic E-state index is 13.1. The van der Waals surface area contributed by atoms with Crippen LogP contribution in [-0.2, 0) is 6.54 Å². The highest BCUT2D eigenvalue weighted by atomic mass is 19.1. The summed E-state index contributed by atoms with van der Waals surface area (Å²) in [5, 5.41) is 21.9. The van der Waals surface area contributed by atoms with Crippen molar-refractivity contribution in [3.63, 3.8) is 0 Å². The van der Waals surface area contributed by atoms with E-state index in [1.54, 1.807) is 6.07 Å². The number of nitriles is 1. The van der Waals surface area contributed by atoms with Crippen LogP contribution in [0.4, 0.5) is 4.39 Å². The Morgan fingerprint density at radius 2 is 2.06 bits per heavy atom. The van der Waals surface area contributed by atoms with Crippen LogP contribution in [0, 0.1) is 17.1 Å². The molecule has 1 rings (SSSR count). The highest BCUT2D eigenvalue weighted by molar-refractivity contribution is 5.34. The fourth-order valence-electron chi connectivity index (χ4n) is 1.71. The molecule has 0 bridgehead atoms. The second-order valence-electron chi connectivity index (χ2n) is 4.46. The number of halogens is 1. The largest absolute Gasteiger partial charge is 0.389 e. The molecule has 0 amide bonds. The van der Waals surface area contributed by atoms with E-state index in [1.165, 1.54) is 12.1 Å². The minimum atomic E-state index is -0.696. The van der Waals surface area contributed by atoms with Crippen molar-refractivity contribution in [2.75, 3.05) is 6.54 Å². The second kappa shape index (κ2) is 6.48. The Hall–Kier alpha value is -1.44. The molecule has 0 fully saturated rings. The first-order valence-corrected chi connectivity index (χ1v) is 6.16. The summed E-state index contributed by atoms with van der Waals surface area (Å²) in [5.74, 6) is -0.500. The van der Waals surface area contributed by atoms with E-state index in [0.717, 1.165) is 5.56 Å². The molecule has 4 heteroatoms. The average molecular weight is 250 g/mol. The van der Waals surface area contributed by atoms with Gasteiger partial charge in [-0.25, -0.2) is 4.39 Å². The van der Waals surface area contributed by atoms with Crippen molar-refractivity contribution in [1.82, 2.24) is 5.32 Å². The summed E-state index contributed by atoms with van der Waals surface area (Å²) in [5.41, 5.74) is 0.191. The fraction of sp³-hybridized carbons (Fsp3) is 0.500. The van der Waals surface area contributed by atoms with Crippen LogP contribution in [0.15, 0.2) is 18.2 Å². The third kappa shape index (κ3) is 3.80. The second-order valence-corrected chi connectivity index (χ2v) is 4.46. The standard InChI is InChI=1S/C14H19FN2O/c1-3-14(18,4-2)10-17-9-11-5-6-13(15)12(7-11)8-16/h5-7,17-18H,3-4,9-10H2,1-2H3. The van der Waals surface area contributed by atoms with Crippen molar-refractivity contribution in [1.29, 1.82) is 5.26 Å². The zero-order chi connectivity index (χ0) is 13.6. The number of hydrogen-bond donors (Lipinski definition) is 2. The van der Waals surface area contributed by atoms with Gasteiger partial charge < -0.3 is 10.4 Å². The number of nitrogens with zero attached hydrogens (tertiary/aromatic N) is 1. The van der Waals surface area contributed by atoms with Crippen molar-refractivity contribution in [2.24, 2.45) is 0 Å². The first-order chi connectivity index (χ1) is 8.54. The molecule has 1 aromatic rings. The average Bonchev–Trinajstić information content (AvgIpc) is 2.40. The Morgan fingerprint density at radius 3 is 2.61 bits per heavy atom. The molecule has 0 aromatic heterocycles. The lowest BCUT2D eigenvalue weighted by molar-refractivity contribution is 0.0323. The van der Waals surface area contributed by atoms with Gasteiger partial charge in [0.2, 0.25) is 0 Å². The molecule has 0 aliphatic rings. The van der Waals surface area contributed by atoms with E-state index in [-0.39, 0.29) is 5.56 Å². The third-order valence-electron chi connectivity index (χ3n) is 3.25. The van der Waals surface area contributed by atoms with Gasteiger partial charge in [-0.05, 0) is 30.5 Å². The molecule has 0 aliphatic carbocycles. The van der Waals surface area contributed by atoms with E-state index in [1.807, 2.05) is 19.9 Å². The van der Waals surface area contributed by atoms with Crippen molar-refractivity contribution in [3.8, 4) is 6.07 Å². The predicted octanol–water partition coefficient (Wildman–Crippen LogP) is 2.34. The molecule has 18 heavy (non-hydrogen) atoms. The summed E-state index contributed by atoms with van der Waals surface area (Å²) in [6, 6.07) is 6.27. The van der Waals surface area contributed by atoms with Gasteiger partial charge in [-0.15, -0.1) is 0 Å². The number of benzene rings is 1. The minimum Gasteiger partial charge on any atom is -0.389 e. The lowest BCUT2D eigenvalue weighted by Gasteiger charge is -2.25. The van der Waals surface area contributed by atoms with E-state index in [0.29, 0.717) is 25.9 Å². The van der Waals surface area contributed by atoms with Crippen LogP contribution in [0.25, 0.3) is 0 Å². The van der Waals surface area contributed by atoms with E-state index < -0.39 is 11.4 Å². The molecular weight excluding hydrogens is 231 g/mol. The zero-order valence-electron chi connectivity index (χ0n) is 10.8. The van der Waals surface area contributed by atoms with Gasteiger partial charge in [0.1, 0.15) is 11.9 Å². The molecule has 98 valence electrons. The Labute approximate surface area is 107 Å². The molecule has 0 saturated heterocycles. The first kappa shape index (κ1) is 14.6. The van der Waals surface area contributed by atoms with E-state index in [9.17, 15) is 9.50 Å². The Morgan fingerprint density at radius 1 is 1.39 bits per heavy atom.